The third kappa shape index (κ3) is 5.05. The van der Waals surface area contributed by atoms with Crippen LogP contribution in [0.5, 0.6) is 11.5 Å². The molecule has 6 heteroatoms. The van der Waals surface area contributed by atoms with Crippen LogP contribution in [0, 0.1) is 17.2 Å². The lowest BCUT2D eigenvalue weighted by atomic mass is 9.93. The number of ether oxygens (including phenoxy) is 2. The van der Waals surface area contributed by atoms with E-state index in [1.165, 1.54) is 0 Å². The van der Waals surface area contributed by atoms with E-state index in [4.69, 9.17) is 9.47 Å². The number of nitrogens with zero attached hydrogens (tertiary/aromatic N) is 2. The lowest BCUT2D eigenvalue weighted by molar-refractivity contribution is -0.141. The second-order valence-corrected chi connectivity index (χ2v) is 7.40. The Kier molecular flexibility index (Phi) is 7.60. The molecule has 2 amide bonds. The molecule has 0 bridgehead atoms. The van der Waals surface area contributed by atoms with E-state index >= 15 is 0 Å². The molecule has 1 aromatic rings. The summed E-state index contributed by atoms with van der Waals surface area (Å²) in [4.78, 5) is 26.7. The summed E-state index contributed by atoms with van der Waals surface area (Å²) in [5.41, 5.74) is 1.46. The predicted octanol–water partition coefficient (Wildman–Crippen LogP) is 4.12. The fourth-order valence-corrected chi connectivity index (χ4v) is 3.05. The van der Waals surface area contributed by atoms with Crippen molar-refractivity contribution in [3.8, 4) is 17.6 Å². The fourth-order valence-electron chi connectivity index (χ4n) is 3.05. The van der Waals surface area contributed by atoms with Gasteiger partial charge in [0.2, 0.25) is 0 Å². The Morgan fingerprint density at radius 1 is 1.21 bits per heavy atom. The zero-order chi connectivity index (χ0) is 21.6. The summed E-state index contributed by atoms with van der Waals surface area (Å²) in [6, 6.07) is 7.36. The molecule has 0 radical (unpaired) electrons. The fraction of sp³-hybridized carbons (Fsp3) is 0.435. The van der Waals surface area contributed by atoms with Crippen molar-refractivity contribution in [1.82, 2.24) is 4.90 Å². The number of hydrogen-bond acceptors (Lipinski definition) is 5. The van der Waals surface area contributed by atoms with Crippen LogP contribution in [0.4, 0.5) is 0 Å². The zero-order valence-electron chi connectivity index (χ0n) is 17.7. The lowest BCUT2D eigenvalue weighted by Gasteiger charge is -2.28. The van der Waals surface area contributed by atoms with E-state index in [9.17, 15) is 14.9 Å². The molecule has 0 saturated carbocycles. The number of nitriles is 1. The first-order valence-electron chi connectivity index (χ1n) is 9.84. The van der Waals surface area contributed by atoms with E-state index in [1.807, 2.05) is 26.0 Å². The van der Waals surface area contributed by atoms with E-state index in [0.29, 0.717) is 29.3 Å². The highest BCUT2D eigenvalue weighted by atomic mass is 16.5. The molecule has 1 aliphatic heterocycles. The maximum atomic E-state index is 13.0. The molecule has 0 spiro atoms. The summed E-state index contributed by atoms with van der Waals surface area (Å²) in [7, 11) is 1.56. The van der Waals surface area contributed by atoms with Crippen LogP contribution >= 0.6 is 0 Å². The molecule has 6 nitrogen and oxygen atoms in total. The normalized spacial score (nSPS) is 15.9. The van der Waals surface area contributed by atoms with Crippen molar-refractivity contribution in [2.75, 3.05) is 20.3 Å². The highest BCUT2D eigenvalue weighted by Crippen LogP contribution is 2.32. The van der Waals surface area contributed by atoms with Gasteiger partial charge in [0, 0.05) is 12.1 Å². The third-order valence-electron chi connectivity index (χ3n) is 4.63. The van der Waals surface area contributed by atoms with E-state index in [0.717, 1.165) is 23.3 Å². The predicted molar refractivity (Wildman–Crippen MR) is 111 cm³/mol. The maximum Gasteiger partial charge on any atom is 0.271 e. The van der Waals surface area contributed by atoms with Crippen LogP contribution in [-0.4, -0.2) is 37.0 Å². The van der Waals surface area contributed by atoms with E-state index < -0.39 is 5.91 Å². The van der Waals surface area contributed by atoms with Crippen LogP contribution in [0.3, 0.4) is 0 Å². The van der Waals surface area contributed by atoms with Gasteiger partial charge in [0.1, 0.15) is 11.6 Å². The molecule has 0 N–H and O–H groups in total. The summed E-state index contributed by atoms with van der Waals surface area (Å²) >= 11 is 0. The molecular weight excluding hydrogens is 368 g/mol. The standard InChI is InChI=1S/C23H28N2O4/c1-6-7-10-29-20-9-8-17(12-21(20)28-5)11-18-16(4)19(13-24)23(27)25(22(18)26)14-15(2)3/h8-9,11-12,15H,6-7,10,14H2,1-5H3/b18-11+. The minimum atomic E-state index is -0.530. The van der Waals surface area contributed by atoms with Crippen molar-refractivity contribution in [3.63, 3.8) is 0 Å². The second kappa shape index (κ2) is 9.92. The van der Waals surface area contributed by atoms with Gasteiger partial charge in [-0.1, -0.05) is 33.3 Å². The number of hydrogen-bond donors (Lipinski definition) is 0. The smallest absolute Gasteiger partial charge is 0.271 e. The molecule has 2 rings (SSSR count). The topological polar surface area (TPSA) is 79.6 Å². The highest BCUT2D eigenvalue weighted by Gasteiger charge is 2.35. The Hall–Kier alpha value is -3.07. The average molecular weight is 396 g/mol. The minimum Gasteiger partial charge on any atom is -0.493 e. The van der Waals surface area contributed by atoms with Crippen molar-refractivity contribution < 1.29 is 19.1 Å². The number of rotatable bonds is 8. The number of carbonyl (C=O) groups is 2. The Bertz CT molecular complexity index is 891. The molecule has 154 valence electrons. The molecule has 0 aliphatic carbocycles. The summed E-state index contributed by atoms with van der Waals surface area (Å²) in [6.07, 6.45) is 3.67. The Morgan fingerprint density at radius 2 is 1.93 bits per heavy atom. The Morgan fingerprint density at radius 3 is 2.52 bits per heavy atom. The van der Waals surface area contributed by atoms with Crippen LogP contribution in [-0.2, 0) is 9.59 Å². The molecule has 1 aliphatic rings. The first-order valence-corrected chi connectivity index (χ1v) is 9.84. The zero-order valence-corrected chi connectivity index (χ0v) is 17.7. The van der Waals surface area contributed by atoms with E-state index in [2.05, 4.69) is 6.92 Å². The van der Waals surface area contributed by atoms with Crippen molar-refractivity contribution in [3.05, 3.63) is 40.5 Å². The number of methoxy groups -OCH3 is 1. The molecule has 1 heterocycles. The number of imide groups is 1. The highest BCUT2D eigenvalue weighted by molar-refractivity contribution is 6.19. The monoisotopic (exact) mass is 396 g/mol. The number of benzene rings is 1. The first-order chi connectivity index (χ1) is 13.8. The van der Waals surface area contributed by atoms with E-state index in [-0.39, 0.29) is 23.9 Å². The van der Waals surface area contributed by atoms with Crippen LogP contribution < -0.4 is 9.47 Å². The first kappa shape index (κ1) is 22.2. The summed E-state index contributed by atoms with van der Waals surface area (Å²) < 4.78 is 11.2. The minimum absolute atomic E-state index is 0.00276. The van der Waals surface area contributed by atoms with Gasteiger partial charge >= 0.3 is 0 Å². The largest absolute Gasteiger partial charge is 0.493 e. The van der Waals surface area contributed by atoms with Crippen LogP contribution in [0.15, 0.2) is 34.9 Å². The van der Waals surface area contributed by atoms with Gasteiger partial charge in [-0.05, 0) is 48.6 Å². The van der Waals surface area contributed by atoms with Gasteiger partial charge < -0.3 is 9.47 Å². The van der Waals surface area contributed by atoms with Gasteiger partial charge in [-0.15, -0.1) is 0 Å². The summed E-state index contributed by atoms with van der Waals surface area (Å²) in [6.45, 7) is 8.43. The molecular formula is C23H28N2O4. The molecule has 0 atom stereocenters. The van der Waals surface area contributed by atoms with Gasteiger partial charge in [0.05, 0.1) is 13.7 Å². The molecule has 1 aromatic carbocycles. The average Bonchev–Trinajstić information content (AvgIpc) is 2.69. The van der Waals surface area contributed by atoms with Crippen molar-refractivity contribution in [2.24, 2.45) is 5.92 Å². The molecule has 0 unspecified atom stereocenters. The Labute approximate surface area is 172 Å². The SMILES string of the molecule is CCCCOc1ccc(/C=C2/C(=O)N(CC(C)C)C(=O)C(C#N)=C2C)cc1OC. The Balaban J connectivity index is 2.45. The molecule has 29 heavy (non-hydrogen) atoms. The summed E-state index contributed by atoms with van der Waals surface area (Å²) in [5, 5.41) is 9.44. The van der Waals surface area contributed by atoms with Crippen molar-refractivity contribution in [2.45, 2.75) is 40.5 Å². The number of carbonyl (C=O) groups excluding carboxylic acids is 2. The molecule has 0 saturated heterocycles. The lowest BCUT2D eigenvalue weighted by Crippen LogP contribution is -2.44. The molecule has 0 fully saturated rings. The van der Waals surface area contributed by atoms with Crippen LogP contribution in [0.2, 0.25) is 0 Å². The van der Waals surface area contributed by atoms with Gasteiger partial charge in [-0.2, -0.15) is 5.26 Å². The number of unbranched alkanes of at least 4 members (excludes halogenated alkanes) is 1. The molecule has 0 aromatic heterocycles. The maximum absolute atomic E-state index is 13.0. The summed E-state index contributed by atoms with van der Waals surface area (Å²) in [5.74, 6) is 0.387. The van der Waals surface area contributed by atoms with Gasteiger partial charge in [0.15, 0.2) is 11.5 Å². The number of amides is 2. The van der Waals surface area contributed by atoms with Crippen molar-refractivity contribution >= 4 is 17.9 Å². The van der Waals surface area contributed by atoms with Crippen LogP contribution in [0.1, 0.15) is 46.1 Å². The quantitative estimate of drug-likeness (QED) is 0.375. The third-order valence-corrected chi connectivity index (χ3v) is 4.63. The van der Waals surface area contributed by atoms with Gasteiger partial charge in [0.25, 0.3) is 11.8 Å². The second-order valence-electron chi connectivity index (χ2n) is 7.40. The van der Waals surface area contributed by atoms with Crippen LogP contribution in [0.25, 0.3) is 6.08 Å². The van der Waals surface area contributed by atoms with Gasteiger partial charge in [-0.25, -0.2) is 0 Å². The van der Waals surface area contributed by atoms with E-state index in [1.54, 1.807) is 32.2 Å². The van der Waals surface area contributed by atoms with Gasteiger partial charge in [-0.3, -0.25) is 14.5 Å². The van der Waals surface area contributed by atoms with Crippen molar-refractivity contribution in [1.29, 1.82) is 5.26 Å².